The Bertz CT molecular complexity index is 235. The van der Waals surface area contributed by atoms with Crippen LogP contribution in [0.15, 0.2) is 12.3 Å². The Morgan fingerprint density at radius 2 is 2.30 bits per heavy atom. The Morgan fingerprint density at radius 3 is 2.80 bits per heavy atom. The van der Waals surface area contributed by atoms with Gasteiger partial charge in [0.1, 0.15) is 0 Å². The summed E-state index contributed by atoms with van der Waals surface area (Å²) in [6.07, 6.45) is 1.64. The number of aryl methyl sites for hydroxylation is 1. The summed E-state index contributed by atoms with van der Waals surface area (Å²) in [5.74, 6) is 0. The number of pyridine rings is 1. The second kappa shape index (κ2) is 2.88. The standard InChI is InChI=1S/C7H9ClN2/c1-5-7(9-2)3-6(8)4-10-5/h3-4,9H,1-2H3. The lowest BCUT2D eigenvalue weighted by Gasteiger charge is -2.02. The average molecular weight is 157 g/mol. The van der Waals surface area contributed by atoms with Crippen molar-refractivity contribution in [2.24, 2.45) is 0 Å². The van der Waals surface area contributed by atoms with Gasteiger partial charge in [0.25, 0.3) is 0 Å². The lowest BCUT2D eigenvalue weighted by Crippen LogP contribution is -1.93. The molecule has 0 spiro atoms. The molecule has 1 rings (SSSR count). The number of aromatic nitrogens is 1. The maximum Gasteiger partial charge on any atom is 0.0610 e. The molecule has 54 valence electrons. The van der Waals surface area contributed by atoms with Gasteiger partial charge in [0.05, 0.1) is 16.4 Å². The Hall–Kier alpha value is -0.760. The number of hydrogen-bond acceptors (Lipinski definition) is 2. The molecule has 0 saturated heterocycles. The van der Waals surface area contributed by atoms with Crippen LogP contribution in [0.25, 0.3) is 0 Å². The molecule has 0 aromatic carbocycles. The van der Waals surface area contributed by atoms with Crippen LogP contribution in [0.3, 0.4) is 0 Å². The Labute approximate surface area is 65.2 Å². The first-order valence-corrected chi connectivity index (χ1v) is 3.41. The van der Waals surface area contributed by atoms with Gasteiger partial charge in [0.15, 0.2) is 0 Å². The molecular weight excluding hydrogens is 148 g/mol. The molecule has 1 aromatic heterocycles. The van der Waals surface area contributed by atoms with Crippen molar-refractivity contribution in [2.45, 2.75) is 6.92 Å². The second-order valence-corrected chi connectivity index (χ2v) is 2.47. The molecule has 0 bridgehead atoms. The van der Waals surface area contributed by atoms with Crippen molar-refractivity contribution in [3.8, 4) is 0 Å². The third-order valence-corrected chi connectivity index (χ3v) is 1.53. The van der Waals surface area contributed by atoms with E-state index in [2.05, 4.69) is 10.3 Å². The molecule has 0 fully saturated rings. The van der Waals surface area contributed by atoms with E-state index in [1.165, 1.54) is 0 Å². The number of anilines is 1. The van der Waals surface area contributed by atoms with E-state index in [0.717, 1.165) is 11.4 Å². The molecule has 10 heavy (non-hydrogen) atoms. The summed E-state index contributed by atoms with van der Waals surface area (Å²) in [6.45, 7) is 1.93. The Kier molecular flexibility index (Phi) is 2.12. The number of halogens is 1. The third-order valence-electron chi connectivity index (χ3n) is 1.32. The van der Waals surface area contributed by atoms with Gasteiger partial charge in [0, 0.05) is 13.2 Å². The van der Waals surface area contributed by atoms with E-state index in [1.807, 2.05) is 20.0 Å². The summed E-state index contributed by atoms with van der Waals surface area (Å²) < 4.78 is 0. The van der Waals surface area contributed by atoms with Crippen LogP contribution in [0.2, 0.25) is 5.02 Å². The summed E-state index contributed by atoms with van der Waals surface area (Å²) in [5, 5.41) is 3.65. The van der Waals surface area contributed by atoms with Gasteiger partial charge in [-0.1, -0.05) is 11.6 Å². The summed E-state index contributed by atoms with van der Waals surface area (Å²) in [7, 11) is 1.85. The fourth-order valence-electron chi connectivity index (χ4n) is 0.761. The molecule has 0 aliphatic carbocycles. The van der Waals surface area contributed by atoms with Crippen molar-refractivity contribution in [1.29, 1.82) is 0 Å². The fraction of sp³-hybridized carbons (Fsp3) is 0.286. The fourth-order valence-corrected chi connectivity index (χ4v) is 0.919. The van der Waals surface area contributed by atoms with Crippen LogP contribution in [-0.4, -0.2) is 12.0 Å². The Morgan fingerprint density at radius 1 is 1.60 bits per heavy atom. The number of rotatable bonds is 1. The van der Waals surface area contributed by atoms with Gasteiger partial charge < -0.3 is 5.32 Å². The largest absolute Gasteiger partial charge is 0.387 e. The molecule has 0 aliphatic rings. The first kappa shape index (κ1) is 7.35. The highest BCUT2D eigenvalue weighted by molar-refractivity contribution is 6.30. The molecule has 0 unspecified atom stereocenters. The molecule has 3 heteroatoms. The van der Waals surface area contributed by atoms with Crippen molar-refractivity contribution in [3.63, 3.8) is 0 Å². The van der Waals surface area contributed by atoms with E-state index in [-0.39, 0.29) is 0 Å². The minimum atomic E-state index is 0.662. The van der Waals surface area contributed by atoms with Crippen molar-refractivity contribution < 1.29 is 0 Å². The molecule has 0 radical (unpaired) electrons. The lowest BCUT2D eigenvalue weighted by atomic mass is 10.3. The van der Waals surface area contributed by atoms with E-state index < -0.39 is 0 Å². The van der Waals surface area contributed by atoms with Gasteiger partial charge in [-0.05, 0) is 13.0 Å². The van der Waals surface area contributed by atoms with Crippen molar-refractivity contribution in [1.82, 2.24) is 4.98 Å². The molecule has 0 atom stereocenters. The van der Waals surface area contributed by atoms with Crippen LogP contribution in [0.4, 0.5) is 5.69 Å². The van der Waals surface area contributed by atoms with Crippen LogP contribution < -0.4 is 5.32 Å². The van der Waals surface area contributed by atoms with E-state index in [9.17, 15) is 0 Å². The van der Waals surface area contributed by atoms with Crippen molar-refractivity contribution in [2.75, 3.05) is 12.4 Å². The quantitative estimate of drug-likeness (QED) is 0.674. The van der Waals surface area contributed by atoms with Crippen molar-refractivity contribution in [3.05, 3.63) is 23.0 Å². The van der Waals surface area contributed by atoms with Gasteiger partial charge in [-0.3, -0.25) is 4.98 Å². The first-order chi connectivity index (χ1) is 4.74. The number of nitrogens with one attached hydrogen (secondary N) is 1. The minimum absolute atomic E-state index is 0.662. The summed E-state index contributed by atoms with van der Waals surface area (Å²) in [4.78, 5) is 4.06. The molecule has 2 nitrogen and oxygen atoms in total. The maximum atomic E-state index is 5.69. The molecule has 0 amide bonds. The van der Waals surface area contributed by atoms with Gasteiger partial charge in [-0.2, -0.15) is 0 Å². The van der Waals surface area contributed by atoms with E-state index in [0.29, 0.717) is 5.02 Å². The van der Waals surface area contributed by atoms with Crippen LogP contribution in [0.1, 0.15) is 5.69 Å². The van der Waals surface area contributed by atoms with Gasteiger partial charge in [0.2, 0.25) is 0 Å². The molecule has 0 saturated carbocycles. The summed E-state index contributed by atoms with van der Waals surface area (Å²) in [6, 6.07) is 1.85. The highest BCUT2D eigenvalue weighted by Crippen LogP contribution is 2.16. The average Bonchev–Trinajstić information content (AvgIpc) is 1.94. The smallest absolute Gasteiger partial charge is 0.0610 e. The first-order valence-electron chi connectivity index (χ1n) is 3.04. The zero-order chi connectivity index (χ0) is 7.56. The van der Waals surface area contributed by atoms with Crippen LogP contribution in [0, 0.1) is 6.92 Å². The third kappa shape index (κ3) is 1.39. The number of nitrogens with zero attached hydrogens (tertiary/aromatic N) is 1. The monoisotopic (exact) mass is 156 g/mol. The molecule has 1 N–H and O–H groups in total. The van der Waals surface area contributed by atoms with Crippen LogP contribution >= 0.6 is 11.6 Å². The van der Waals surface area contributed by atoms with Gasteiger partial charge >= 0.3 is 0 Å². The normalized spacial score (nSPS) is 9.50. The molecule has 1 heterocycles. The minimum Gasteiger partial charge on any atom is -0.387 e. The zero-order valence-electron chi connectivity index (χ0n) is 5.98. The summed E-state index contributed by atoms with van der Waals surface area (Å²) in [5.41, 5.74) is 1.94. The summed E-state index contributed by atoms with van der Waals surface area (Å²) >= 11 is 5.69. The maximum absolute atomic E-state index is 5.69. The SMILES string of the molecule is CNc1cc(Cl)cnc1C. The van der Waals surface area contributed by atoms with E-state index >= 15 is 0 Å². The lowest BCUT2D eigenvalue weighted by molar-refractivity contribution is 1.19. The van der Waals surface area contributed by atoms with Crippen LogP contribution in [-0.2, 0) is 0 Å². The van der Waals surface area contributed by atoms with Gasteiger partial charge in [-0.15, -0.1) is 0 Å². The predicted octanol–water partition coefficient (Wildman–Crippen LogP) is 2.09. The van der Waals surface area contributed by atoms with Gasteiger partial charge in [-0.25, -0.2) is 0 Å². The Balaban J connectivity index is 3.09. The second-order valence-electron chi connectivity index (χ2n) is 2.04. The highest BCUT2D eigenvalue weighted by atomic mass is 35.5. The molecule has 1 aromatic rings. The van der Waals surface area contributed by atoms with E-state index in [4.69, 9.17) is 11.6 Å². The molecular formula is C7H9ClN2. The number of hydrogen-bond donors (Lipinski definition) is 1. The molecule has 0 aliphatic heterocycles. The highest BCUT2D eigenvalue weighted by Gasteiger charge is 1.95. The van der Waals surface area contributed by atoms with Crippen LogP contribution in [0.5, 0.6) is 0 Å². The topological polar surface area (TPSA) is 24.9 Å². The van der Waals surface area contributed by atoms with Crippen molar-refractivity contribution >= 4 is 17.3 Å². The van der Waals surface area contributed by atoms with E-state index in [1.54, 1.807) is 6.20 Å². The predicted molar refractivity (Wildman–Crippen MR) is 43.5 cm³/mol. The zero-order valence-corrected chi connectivity index (χ0v) is 6.74.